The van der Waals surface area contributed by atoms with Gasteiger partial charge in [0.15, 0.2) is 0 Å². The molecule has 3 aromatic heterocycles. The lowest BCUT2D eigenvalue weighted by Crippen LogP contribution is -1.95. The van der Waals surface area contributed by atoms with E-state index in [1.807, 2.05) is 12.1 Å². The second-order valence-electron chi connectivity index (χ2n) is 12.4. The van der Waals surface area contributed by atoms with Crippen LogP contribution in [0.25, 0.3) is 86.3 Å². The minimum atomic E-state index is 0.485. The van der Waals surface area contributed by atoms with Gasteiger partial charge >= 0.3 is 0 Å². The molecule has 5 heteroatoms. The Balaban J connectivity index is 1.18. The Morgan fingerprint density at radius 3 is 1.45 bits per heavy atom. The molecule has 0 aliphatic heterocycles. The van der Waals surface area contributed by atoms with E-state index in [4.69, 9.17) is 0 Å². The molecule has 3 heterocycles. The minimum absolute atomic E-state index is 0.485. The van der Waals surface area contributed by atoms with Gasteiger partial charge in [0.1, 0.15) is 0 Å². The average Bonchev–Trinajstić information content (AvgIpc) is 3.81. The zero-order valence-corrected chi connectivity index (χ0v) is 26.9. The molecule has 0 atom stereocenters. The summed E-state index contributed by atoms with van der Waals surface area (Å²) in [7, 11) is 0. The Labute approximate surface area is 285 Å². The molecule has 226 valence electrons. The molecule has 7 aromatic carbocycles. The maximum Gasteiger partial charge on any atom is 0.0992 e. The molecule has 0 spiro atoms. The van der Waals surface area contributed by atoms with E-state index in [0.717, 1.165) is 38.9 Å². The first-order valence-electron chi connectivity index (χ1n) is 16.1. The van der Waals surface area contributed by atoms with Gasteiger partial charge in [0.05, 0.1) is 45.3 Å². The summed E-state index contributed by atoms with van der Waals surface area (Å²) < 4.78 is 7.17. The molecule has 0 aliphatic rings. The lowest BCUT2D eigenvalue weighted by atomic mass is 9.99. The quantitative estimate of drug-likeness (QED) is 0.193. The van der Waals surface area contributed by atoms with Gasteiger partial charge in [0.25, 0.3) is 0 Å². The third kappa shape index (κ3) is 4.07. The molecule has 0 saturated carbocycles. The third-order valence-electron chi connectivity index (χ3n) is 9.73. The van der Waals surface area contributed by atoms with Gasteiger partial charge in [0, 0.05) is 53.1 Å². The van der Waals surface area contributed by atoms with Crippen molar-refractivity contribution >= 4 is 75.1 Å². The van der Waals surface area contributed by atoms with E-state index in [1.165, 1.54) is 47.4 Å². The van der Waals surface area contributed by atoms with Crippen molar-refractivity contribution in [2.45, 2.75) is 0 Å². The number of rotatable bonds is 3. The highest BCUT2D eigenvalue weighted by Gasteiger charge is 2.17. The molecule has 4 nitrogen and oxygen atoms in total. The van der Waals surface area contributed by atoms with Crippen molar-refractivity contribution in [2.75, 3.05) is 0 Å². The van der Waals surface area contributed by atoms with Crippen molar-refractivity contribution in [2.24, 2.45) is 0 Å². The zero-order chi connectivity index (χ0) is 32.6. The largest absolute Gasteiger partial charge is 0.309 e. The van der Waals surface area contributed by atoms with Crippen molar-refractivity contribution in [3.63, 3.8) is 0 Å². The standard InChI is InChI=1S/C44H24N4S/c45-25-27-19-28(26-46)21-30(20-27)29-13-17-43-37(22-29)38-24-32(15-18-44(38)49-43)48-41-12-6-3-9-35(41)36-23-31(14-16-42(36)48)47-39-10-4-1-7-33(39)34-8-2-5-11-40(34)47/h1-24H. The smallest absolute Gasteiger partial charge is 0.0992 e. The number of benzene rings is 7. The minimum Gasteiger partial charge on any atom is -0.309 e. The molecule has 49 heavy (non-hydrogen) atoms. The number of aromatic nitrogens is 2. The molecule has 10 rings (SSSR count). The highest BCUT2D eigenvalue weighted by Crippen LogP contribution is 2.40. The predicted molar refractivity (Wildman–Crippen MR) is 203 cm³/mol. The lowest BCUT2D eigenvalue weighted by Gasteiger charge is -2.11. The molecular weight excluding hydrogens is 617 g/mol. The van der Waals surface area contributed by atoms with Crippen molar-refractivity contribution in [1.82, 2.24) is 9.13 Å². The lowest BCUT2D eigenvalue weighted by molar-refractivity contribution is 1.17. The van der Waals surface area contributed by atoms with Gasteiger partial charge < -0.3 is 9.13 Å². The van der Waals surface area contributed by atoms with Crippen LogP contribution in [-0.4, -0.2) is 9.13 Å². The van der Waals surface area contributed by atoms with Gasteiger partial charge in [-0.3, -0.25) is 0 Å². The number of nitriles is 2. The number of hydrogen-bond acceptors (Lipinski definition) is 3. The van der Waals surface area contributed by atoms with Gasteiger partial charge in [0.2, 0.25) is 0 Å². The molecule has 0 amide bonds. The summed E-state index contributed by atoms with van der Waals surface area (Å²) in [4.78, 5) is 0. The fraction of sp³-hybridized carbons (Fsp3) is 0. The fourth-order valence-electron chi connectivity index (χ4n) is 7.59. The zero-order valence-electron chi connectivity index (χ0n) is 26.1. The van der Waals surface area contributed by atoms with E-state index in [2.05, 4.69) is 149 Å². The molecular formula is C44H24N4S. The second-order valence-corrected chi connectivity index (χ2v) is 13.5. The third-order valence-corrected chi connectivity index (χ3v) is 10.9. The van der Waals surface area contributed by atoms with Crippen LogP contribution in [-0.2, 0) is 0 Å². The van der Waals surface area contributed by atoms with Crippen LogP contribution in [0.2, 0.25) is 0 Å². The first-order chi connectivity index (χ1) is 24.2. The van der Waals surface area contributed by atoms with E-state index in [9.17, 15) is 10.5 Å². The number of fused-ring (bicyclic) bond motifs is 9. The summed E-state index contributed by atoms with van der Waals surface area (Å²) in [5, 5.41) is 26.4. The van der Waals surface area contributed by atoms with Crippen LogP contribution in [0.15, 0.2) is 146 Å². The summed E-state index contributed by atoms with van der Waals surface area (Å²) in [6, 6.07) is 55.7. The monoisotopic (exact) mass is 640 g/mol. The Kier molecular flexibility index (Phi) is 5.84. The topological polar surface area (TPSA) is 57.4 Å². The molecule has 0 radical (unpaired) electrons. The summed E-state index contributed by atoms with van der Waals surface area (Å²) in [5.41, 5.74) is 9.78. The maximum absolute atomic E-state index is 9.57. The molecule has 10 aromatic rings. The molecule has 0 aliphatic carbocycles. The SMILES string of the molecule is N#Cc1cc(C#N)cc(-c2ccc3sc4ccc(-n5c6ccccc6c6cc(-n7c8ccccc8c8ccccc87)ccc65)cc4c3c2)c1. The number of para-hydroxylation sites is 3. The van der Waals surface area contributed by atoms with Gasteiger partial charge in [-0.15, -0.1) is 11.3 Å². The highest BCUT2D eigenvalue weighted by molar-refractivity contribution is 7.25. The molecule has 0 bridgehead atoms. The van der Waals surface area contributed by atoms with Crippen LogP contribution >= 0.6 is 11.3 Å². The first-order valence-corrected chi connectivity index (χ1v) is 16.9. The van der Waals surface area contributed by atoms with E-state index in [0.29, 0.717) is 11.1 Å². The average molecular weight is 641 g/mol. The van der Waals surface area contributed by atoms with Crippen LogP contribution in [0.3, 0.4) is 0 Å². The first kappa shape index (κ1) is 27.5. The van der Waals surface area contributed by atoms with E-state index in [1.54, 1.807) is 17.4 Å². The molecule has 0 unspecified atom stereocenters. The van der Waals surface area contributed by atoms with Gasteiger partial charge in [-0.25, -0.2) is 0 Å². The van der Waals surface area contributed by atoms with Crippen molar-refractivity contribution < 1.29 is 0 Å². The van der Waals surface area contributed by atoms with Crippen LogP contribution in [0.1, 0.15) is 11.1 Å². The number of hydrogen-bond donors (Lipinski definition) is 0. The normalized spacial score (nSPS) is 11.6. The Bertz CT molecular complexity index is 3000. The van der Waals surface area contributed by atoms with E-state index in [-0.39, 0.29) is 0 Å². The molecule has 0 N–H and O–H groups in total. The van der Waals surface area contributed by atoms with Crippen LogP contribution in [0.5, 0.6) is 0 Å². The number of thiophene rings is 1. The fourth-order valence-corrected chi connectivity index (χ4v) is 8.65. The molecule has 0 saturated heterocycles. The van der Waals surface area contributed by atoms with Crippen LogP contribution in [0.4, 0.5) is 0 Å². The summed E-state index contributed by atoms with van der Waals surface area (Å²) in [6.45, 7) is 0. The van der Waals surface area contributed by atoms with Gasteiger partial charge in [-0.2, -0.15) is 10.5 Å². The predicted octanol–water partition coefficient (Wildman–Crippen LogP) is 11.7. The van der Waals surface area contributed by atoms with Crippen LogP contribution < -0.4 is 0 Å². The van der Waals surface area contributed by atoms with E-state index >= 15 is 0 Å². The Morgan fingerprint density at radius 1 is 0.388 bits per heavy atom. The second kappa shape index (κ2) is 10.4. The van der Waals surface area contributed by atoms with Crippen LogP contribution in [0, 0.1) is 22.7 Å². The Hall–Kier alpha value is -6.66. The van der Waals surface area contributed by atoms with E-state index < -0.39 is 0 Å². The van der Waals surface area contributed by atoms with Crippen molar-refractivity contribution in [3.8, 4) is 34.6 Å². The van der Waals surface area contributed by atoms with Gasteiger partial charge in [-0.05, 0) is 96.1 Å². The Morgan fingerprint density at radius 2 is 0.857 bits per heavy atom. The van der Waals surface area contributed by atoms with Gasteiger partial charge in [-0.1, -0.05) is 60.7 Å². The van der Waals surface area contributed by atoms with Crippen molar-refractivity contribution in [3.05, 3.63) is 157 Å². The molecule has 0 fully saturated rings. The summed E-state index contributed by atoms with van der Waals surface area (Å²) >= 11 is 1.78. The van der Waals surface area contributed by atoms with Crippen molar-refractivity contribution in [1.29, 1.82) is 10.5 Å². The maximum atomic E-state index is 9.57. The summed E-state index contributed by atoms with van der Waals surface area (Å²) in [6.07, 6.45) is 0. The number of nitrogens with zero attached hydrogens (tertiary/aromatic N) is 4. The highest BCUT2D eigenvalue weighted by atomic mass is 32.1. The summed E-state index contributed by atoms with van der Waals surface area (Å²) in [5.74, 6) is 0.